The molecule has 2 aromatic rings. The maximum Gasteiger partial charge on any atom is 0.255 e. The molecule has 0 bridgehead atoms. The van der Waals surface area contributed by atoms with Gasteiger partial charge in [0.05, 0.1) is 5.56 Å². The van der Waals surface area contributed by atoms with Crippen LogP contribution in [0.2, 0.25) is 0 Å². The van der Waals surface area contributed by atoms with E-state index < -0.39 is 0 Å². The van der Waals surface area contributed by atoms with Gasteiger partial charge in [0.25, 0.3) is 5.91 Å². The monoisotopic (exact) mass is 384 g/mol. The summed E-state index contributed by atoms with van der Waals surface area (Å²) in [6.07, 6.45) is 4.20. The van der Waals surface area contributed by atoms with Crippen molar-refractivity contribution in [3.8, 4) is 0 Å². The van der Waals surface area contributed by atoms with Crippen molar-refractivity contribution < 1.29 is 9.21 Å². The molecule has 1 aromatic carbocycles. The smallest absolute Gasteiger partial charge is 0.255 e. The van der Waals surface area contributed by atoms with Gasteiger partial charge in [0.2, 0.25) is 0 Å². The van der Waals surface area contributed by atoms with Gasteiger partial charge in [-0.3, -0.25) is 9.69 Å². The van der Waals surface area contributed by atoms with E-state index in [0.717, 1.165) is 54.6 Å². The van der Waals surface area contributed by atoms with Gasteiger partial charge in [0.1, 0.15) is 11.3 Å². The molecule has 0 spiro atoms. The third kappa shape index (κ3) is 4.60. The fourth-order valence-corrected chi connectivity index (χ4v) is 4.51. The summed E-state index contributed by atoms with van der Waals surface area (Å²) in [4.78, 5) is 15.7. The number of aryl methyl sites for hydroxylation is 1. The van der Waals surface area contributed by atoms with Crippen molar-refractivity contribution >= 4 is 16.9 Å². The van der Waals surface area contributed by atoms with Gasteiger partial charge in [0, 0.05) is 37.0 Å². The normalized spacial score (nSPS) is 21.2. The van der Waals surface area contributed by atoms with Crippen LogP contribution in [0.4, 0.5) is 0 Å². The number of unbranched alkanes of at least 4 members (excludes halogenated alkanes) is 1. The lowest BCUT2D eigenvalue weighted by Gasteiger charge is -2.45. The van der Waals surface area contributed by atoms with Crippen LogP contribution in [-0.4, -0.2) is 36.0 Å². The van der Waals surface area contributed by atoms with E-state index in [-0.39, 0.29) is 11.4 Å². The molecule has 0 aliphatic carbocycles. The van der Waals surface area contributed by atoms with Crippen molar-refractivity contribution in [3.63, 3.8) is 0 Å². The zero-order valence-corrected chi connectivity index (χ0v) is 18.2. The first-order chi connectivity index (χ1) is 13.3. The number of benzene rings is 1. The standard InChI is InChI=1S/C24H36N2O2/c1-6-7-11-21-22(19-10-8-9-12-20(19)28-21)23(27)25-16-24(4,5)26-14-17(2)13-18(3)15-26/h8-10,12,17-18H,6-7,11,13-16H2,1-5H3,(H,25,27). The molecule has 1 amide bonds. The predicted octanol–water partition coefficient (Wildman–Crippen LogP) is 5.26. The minimum Gasteiger partial charge on any atom is -0.460 e. The number of hydrogen-bond donors (Lipinski definition) is 1. The second-order valence-corrected chi connectivity index (χ2v) is 9.35. The molecule has 154 valence electrons. The molecule has 0 radical (unpaired) electrons. The Morgan fingerprint density at radius 2 is 1.89 bits per heavy atom. The Labute approximate surface area is 169 Å². The molecule has 1 N–H and O–H groups in total. The minimum absolute atomic E-state index is 0.0118. The van der Waals surface area contributed by atoms with Gasteiger partial charge in [-0.25, -0.2) is 0 Å². The number of carbonyl (C=O) groups excluding carboxylic acids is 1. The van der Waals surface area contributed by atoms with Crippen LogP contribution >= 0.6 is 0 Å². The van der Waals surface area contributed by atoms with Crippen LogP contribution in [0.5, 0.6) is 0 Å². The maximum absolute atomic E-state index is 13.2. The first-order valence-corrected chi connectivity index (χ1v) is 10.9. The van der Waals surface area contributed by atoms with Crippen LogP contribution in [-0.2, 0) is 6.42 Å². The van der Waals surface area contributed by atoms with E-state index >= 15 is 0 Å². The van der Waals surface area contributed by atoms with E-state index in [9.17, 15) is 4.79 Å². The second kappa shape index (κ2) is 8.69. The first-order valence-electron chi connectivity index (χ1n) is 10.9. The van der Waals surface area contributed by atoms with Crippen molar-refractivity contribution in [2.45, 2.75) is 65.8 Å². The number of para-hydroxylation sites is 1. The molecule has 1 saturated heterocycles. The second-order valence-electron chi connectivity index (χ2n) is 9.35. The number of likely N-dealkylation sites (tertiary alicyclic amines) is 1. The molecule has 28 heavy (non-hydrogen) atoms. The molecule has 1 fully saturated rings. The van der Waals surface area contributed by atoms with Gasteiger partial charge in [-0.15, -0.1) is 0 Å². The van der Waals surface area contributed by atoms with Crippen LogP contribution in [0.15, 0.2) is 28.7 Å². The number of rotatable bonds is 7. The van der Waals surface area contributed by atoms with Gasteiger partial charge in [-0.2, -0.15) is 0 Å². The summed E-state index contributed by atoms with van der Waals surface area (Å²) in [6, 6.07) is 7.86. The molecule has 2 heterocycles. The van der Waals surface area contributed by atoms with Gasteiger partial charge < -0.3 is 9.73 Å². The van der Waals surface area contributed by atoms with E-state index in [0.29, 0.717) is 18.4 Å². The number of nitrogens with zero attached hydrogens (tertiary/aromatic N) is 1. The largest absolute Gasteiger partial charge is 0.460 e. The van der Waals surface area contributed by atoms with Crippen LogP contribution in [0.25, 0.3) is 11.0 Å². The number of carbonyl (C=O) groups is 1. The molecule has 3 rings (SSSR count). The van der Waals surface area contributed by atoms with Crippen molar-refractivity contribution in [1.82, 2.24) is 10.2 Å². The van der Waals surface area contributed by atoms with Crippen LogP contribution in [0, 0.1) is 11.8 Å². The minimum atomic E-state index is -0.0677. The number of nitrogens with one attached hydrogen (secondary N) is 1. The molecular formula is C24H36N2O2. The van der Waals surface area contributed by atoms with Crippen LogP contribution < -0.4 is 5.32 Å². The van der Waals surface area contributed by atoms with Crippen molar-refractivity contribution in [1.29, 1.82) is 0 Å². The Bertz CT molecular complexity index is 798. The topological polar surface area (TPSA) is 45.5 Å². The highest BCUT2D eigenvalue weighted by molar-refractivity contribution is 6.07. The summed E-state index contributed by atoms with van der Waals surface area (Å²) in [6.45, 7) is 14.1. The number of furan rings is 1. The van der Waals surface area contributed by atoms with Crippen molar-refractivity contribution in [2.75, 3.05) is 19.6 Å². The summed E-state index contributed by atoms with van der Waals surface area (Å²) in [5.74, 6) is 2.22. The first kappa shape index (κ1) is 20.9. The van der Waals surface area contributed by atoms with Gasteiger partial charge >= 0.3 is 0 Å². The van der Waals surface area contributed by atoms with Gasteiger partial charge in [-0.1, -0.05) is 45.4 Å². The SMILES string of the molecule is CCCCc1oc2ccccc2c1C(=O)NCC(C)(C)N1CC(C)CC(C)C1. The lowest BCUT2D eigenvalue weighted by atomic mass is 9.88. The molecule has 2 unspecified atom stereocenters. The molecule has 4 nitrogen and oxygen atoms in total. The highest BCUT2D eigenvalue weighted by Crippen LogP contribution is 2.29. The van der Waals surface area contributed by atoms with E-state index in [4.69, 9.17) is 4.42 Å². The molecule has 0 saturated carbocycles. The molecular weight excluding hydrogens is 348 g/mol. The molecule has 4 heteroatoms. The highest BCUT2D eigenvalue weighted by atomic mass is 16.3. The Morgan fingerprint density at radius 1 is 1.21 bits per heavy atom. The van der Waals surface area contributed by atoms with Crippen LogP contribution in [0.1, 0.15) is 70.0 Å². The highest BCUT2D eigenvalue weighted by Gasteiger charge is 2.33. The van der Waals surface area contributed by atoms with Gasteiger partial charge in [-0.05, 0) is 44.6 Å². The zero-order chi connectivity index (χ0) is 20.3. The maximum atomic E-state index is 13.2. The van der Waals surface area contributed by atoms with E-state index in [1.54, 1.807) is 0 Å². The lowest BCUT2D eigenvalue weighted by Crippen LogP contribution is -2.56. The fraction of sp³-hybridized carbons (Fsp3) is 0.625. The molecule has 1 aromatic heterocycles. The summed E-state index contributed by atoms with van der Waals surface area (Å²) in [5.41, 5.74) is 1.46. The average Bonchev–Trinajstić information content (AvgIpc) is 3.02. The van der Waals surface area contributed by atoms with E-state index in [1.165, 1.54) is 6.42 Å². The number of hydrogen-bond acceptors (Lipinski definition) is 3. The number of amides is 1. The third-order valence-corrected chi connectivity index (χ3v) is 6.06. The molecule has 1 aliphatic heterocycles. The Balaban J connectivity index is 1.75. The summed E-state index contributed by atoms with van der Waals surface area (Å²) in [5, 5.41) is 4.14. The average molecular weight is 385 g/mol. The Morgan fingerprint density at radius 3 is 2.57 bits per heavy atom. The lowest BCUT2D eigenvalue weighted by molar-refractivity contribution is 0.0445. The van der Waals surface area contributed by atoms with Crippen LogP contribution in [0.3, 0.4) is 0 Å². The third-order valence-electron chi connectivity index (χ3n) is 6.06. The number of fused-ring (bicyclic) bond motifs is 1. The summed E-state index contributed by atoms with van der Waals surface area (Å²) < 4.78 is 6.03. The molecule has 1 aliphatic rings. The Hall–Kier alpha value is -1.81. The summed E-state index contributed by atoms with van der Waals surface area (Å²) >= 11 is 0. The molecule has 2 atom stereocenters. The van der Waals surface area contributed by atoms with Gasteiger partial charge in [0.15, 0.2) is 0 Å². The summed E-state index contributed by atoms with van der Waals surface area (Å²) in [7, 11) is 0. The fourth-order valence-electron chi connectivity index (χ4n) is 4.51. The van der Waals surface area contributed by atoms with E-state index in [2.05, 4.69) is 44.8 Å². The van der Waals surface area contributed by atoms with Crippen molar-refractivity contribution in [3.05, 3.63) is 35.6 Å². The van der Waals surface area contributed by atoms with Crippen molar-refractivity contribution in [2.24, 2.45) is 11.8 Å². The van der Waals surface area contributed by atoms with E-state index in [1.807, 2.05) is 24.3 Å². The quantitative estimate of drug-likeness (QED) is 0.708. The number of piperidine rings is 1. The predicted molar refractivity (Wildman–Crippen MR) is 116 cm³/mol. The Kier molecular flexibility index (Phi) is 6.49. The zero-order valence-electron chi connectivity index (χ0n) is 18.2.